The highest BCUT2D eigenvalue weighted by Crippen LogP contribution is 2.48. The summed E-state index contributed by atoms with van der Waals surface area (Å²) in [6.45, 7) is 4.76. The molecule has 0 spiro atoms. The first-order valence-corrected chi connectivity index (χ1v) is 11.9. The molecule has 0 amide bonds. The van der Waals surface area contributed by atoms with E-state index < -0.39 is 25.5 Å². The summed E-state index contributed by atoms with van der Waals surface area (Å²) in [5.74, 6) is -1.22. The highest BCUT2D eigenvalue weighted by Gasteiger charge is 2.30. The number of carbonyl (C=O) groups excluding carboxylic acids is 2. The molecule has 0 aliphatic rings. The smallest absolute Gasteiger partial charge is 0.318 e. The number of oxime groups is 1. The molecule has 7 nitrogen and oxygen atoms in total. The molecule has 160 valence electrons. The Labute approximate surface area is 180 Å². The first-order valence-electron chi connectivity index (χ1n) is 9.37. The van der Waals surface area contributed by atoms with Crippen molar-refractivity contribution in [1.29, 1.82) is 0 Å². The highest BCUT2D eigenvalue weighted by atomic mass is 32.2. The molecule has 0 saturated carbocycles. The lowest BCUT2D eigenvalue weighted by atomic mass is 10.1. The molecule has 0 fully saturated rings. The second-order valence-electron chi connectivity index (χ2n) is 5.99. The van der Waals surface area contributed by atoms with Crippen molar-refractivity contribution < 1.29 is 28.0 Å². The van der Waals surface area contributed by atoms with Crippen molar-refractivity contribution in [2.24, 2.45) is 5.16 Å². The van der Waals surface area contributed by atoms with E-state index in [-0.39, 0.29) is 18.9 Å². The molecule has 0 saturated heterocycles. The zero-order valence-electron chi connectivity index (χ0n) is 17.1. The SMILES string of the molecule is CCOP(=O)(CC(=NOC(C)=O)C(=O)c1ccc(Sc2ccccc2)cc1)OCC. The second-order valence-corrected chi connectivity index (χ2v) is 9.20. The van der Waals surface area contributed by atoms with Crippen LogP contribution in [0.25, 0.3) is 0 Å². The Bertz CT molecular complexity index is 920. The number of carbonyl (C=O) groups is 2. The zero-order valence-corrected chi connectivity index (χ0v) is 18.8. The van der Waals surface area contributed by atoms with Crippen molar-refractivity contribution in [1.82, 2.24) is 0 Å². The molecule has 30 heavy (non-hydrogen) atoms. The van der Waals surface area contributed by atoms with E-state index in [1.165, 1.54) is 0 Å². The average Bonchev–Trinajstić information content (AvgIpc) is 2.72. The number of benzene rings is 2. The van der Waals surface area contributed by atoms with E-state index >= 15 is 0 Å². The van der Waals surface area contributed by atoms with Gasteiger partial charge in [0.2, 0.25) is 5.78 Å². The largest absolute Gasteiger partial charge is 0.336 e. The predicted molar refractivity (Wildman–Crippen MR) is 116 cm³/mol. The summed E-state index contributed by atoms with van der Waals surface area (Å²) in [7, 11) is -3.61. The molecular formula is C21H24NO6PS. The first kappa shape index (κ1) is 24.0. The standard InChI is InChI=1S/C21H24NO6PS/c1-4-26-29(25,27-5-2)15-20(22-28-16(3)23)21(24)17-11-13-19(14-12-17)30-18-9-7-6-8-10-18/h6-14H,4-5,15H2,1-3H3. The van der Waals surface area contributed by atoms with Gasteiger partial charge in [0.05, 0.1) is 19.4 Å². The van der Waals surface area contributed by atoms with Gasteiger partial charge in [0, 0.05) is 22.3 Å². The molecule has 0 N–H and O–H groups in total. The minimum atomic E-state index is -3.61. The van der Waals surface area contributed by atoms with E-state index in [4.69, 9.17) is 9.05 Å². The van der Waals surface area contributed by atoms with Gasteiger partial charge in [-0.15, -0.1) is 0 Å². The van der Waals surface area contributed by atoms with Gasteiger partial charge in [0.1, 0.15) is 5.71 Å². The molecule has 0 aromatic heterocycles. The van der Waals surface area contributed by atoms with E-state index in [0.29, 0.717) is 5.56 Å². The average molecular weight is 449 g/mol. The van der Waals surface area contributed by atoms with Gasteiger partial charge in [-0.05, 0) is 50.2 Å². The van der Waals surface area contributed by atoms with E-state index in [1.807, 2.05) is 30.3 Å². The summed E-state index contributed by atoms with van der Waals surface area (Å²) in [6.07, 6.45) is -0.401. The summed E-state index contributed by atoms with van der Waals surface area (Å²) in [4.78, 5) is 30.8. The maximum absolute atomic E-state index is 13.0. The maximum Gasteiger partial charge on any atom is 0.336 e. The molecule has 0 radical (unpaired) electrons. The van der Waals surface area contributed by atoms with Crippen molar-refractivity contribution >= 4 is 36.8 Å². The van der Waals surface area contributed by atoms with Crippen LogP contribution in [0.4, 0.5) is 0 Å². The van der Waals surface area contributed by atoms with Gasteiger partial charge >= 0.3 is 13.6 Å². The van der Waals surface area contributed by atoms with E-state index in [2.05, 4.69) is 9.99 Å². The van der Waals surface area contributed by atoms with E-state index in [9.17, 15) is 14.2 Å². The van der Waals surface area contributed by atoms with Gasteiger partial charge in [-0.1, -0.05) is 35.1 Å². The molecule has 2 aromatic rings. The van der Waals surface area contributed by atoms with Gasteiger partial charge in [-0.2, -0.15) is 0 Å². The lowest BCUT2D eigenvalue weighted by Crippen LogP contribution is -2.21. The van der Waals surface area contributed by atoms with E-state index in [1.54, 1.807) is 49.9 Å². The quantitative estimate of drug-likeness (QED) is 0.153. The fourth-order valence-corrected chi connectivity index (χ4v) is 4.88. The minimum Gasteiger partial charge on any atom is -0.318 e. The molecule has 9 heteroatoms. The Kier molecular flexibility index (Phi) is 9.46. The van der Waals surface area contributed by atoms with Crippen LogP contribution >= 0.6 is 19.4 Å². The van der Waals surface area contributed by atoms with Crippen LogP contribution in [0.2, 0.25) is 0 Å². The van der Waals surface area contributed by atoms with E-state index in [0.717, 1.165) is 16.7 Å². The normalized spacial score (nSPS) is 11.9. The van der Waals surface area contributed by atoms with Crippen LogP contribution in [0.1, 0.15) is 31.1 Å². The molecule has 0 heterocycles. The highest BCUT2D eigenvalue weighted by molar-refractivity contribution is 7.99. The van der Waals surface area contributed by atoms with Crippen LogP contribution in [-0.4, -0.2) is 36.8 Å². The number of nitrogens with zero attached hydrogens (tertiary/aromatic N) is 1. The van der Waals surface area contributed by atoms with Crippen molar-refractivity contribution in [2.75, 3.05) is 19.4 Å². The van der Waals surface area contributed by atoms with Crippen LogP contribution < -0.4 is 0 Å². The van der Waals surface area contributed by atoms with Crippen LogP contribution in [0, 0.1) is 0 Å². The summed E-state index contributed by atoms with van der Waals surface area (Å²) in [5, 5.41) is 3.62. The molecule has 2 rings (SSSR count). The van der Waals surface area contributed by atoms with Gasteiger partial charge in [-0.25, -0.2) is 4.79 Å². The number of rotatable bonds is 11. The molecule has 0 aliphatic carbocycles. The van der Waals surface area contributed by atoms with Crippen LogP contribution in [-0.2, 0) is 23.2 Å². The third-order valence-corrected chi connectivity index (χ3v) is 6.64. The first-order chi connectivity index (χ1) is 14.4. The van der Waals surface area contributed by atoms with Gasteiger partial charge in [-0.3, -0.25) is 9.36 Å². The molecule has 0 unspecified atom stereocenters. The minimum absolute atomic E-state index is 0.137. The van der Waals surface area contributed by atoms with Crippen molar-refractivity contribution in [3.63, 3.8) is 0 Å². The number of Topliss-reactive ketones (excluding diaryl/α,β-unsaturated/α-hetero) is 1. The van der Waals surface area contributed by atoms with Gasteiger partial charge in [0.15, 0.2) is 0 Å². The lowest BCUT2D eigenvalue weighted by Gasteiger charge is -2.17. The second kappa shape index (κ2) is 11.8. The van der Waals surface area contributed by atoms with Crippen molar-refractivity contribution in [2.45, 2.75) is 30.6 Å². The Balaban J connectivity index is 2.23. The maximum atomic E-state index is 13.0. The van der Waals surface area contributed by atoms with Crippen molar-refractivity contribution in [3.8, 4) is 0 Å². The fraction of sp³-hybridized carbons (Fsp3) is 0.286. The molecule has 0 aliphatic heterocycles. The van der Waals surface area contributed by atoms with Crippen LogP contribution in [0.15, 0.2) is 69.5 Å². The molecular weight excluding hydrogens is 425 g/mol. The third kappa shape index (κ3) is 7.54. The monoisotopic (exact) mass is 449 g/mol. The van der Waals surface area contributed by atoms with Crippen LogP contribution in [0.5, 0.6) is 0 Å². The fourth-order valence-electron chi connectivity index (χ4n) is 2.43. The zero-order chi connectivity index (χ0) is 22.0. The topological polar surface area (TPSA) is 91.3 Å². The van der Waals surface area contributed by atoms with Crippen LogP contribution in [0.3, 0.4) is 0 Å². The van der Waals surface area contributed by atoms with Crippen molar-refractivity contribution in [3.05, 3.63) is 60.2 Å². The molecule has 0 bridgehead atoms. The number of ketones is 1. The predicted octanol–water partition coefficient (Wildman–Crippen LogP) is 5.21. The number of hydrogen-bond acceptors (Lipinski definition) is 8. The molecule has 2 aromatic carbocycles. The Morgan fingerprint density at radius 1 is 0.933 bits per heavy atom. The molecule has 0 atom stereocenters. The Morgan fingerprint density at radius 2 is 1.50 bits per heavy atom. The Morgan fingerprint density at radius 3 is 2.03 bits per heavy atom. The third-order valence-electron chi connectivity index (χ3n) is 3.64. The lowest BCUT2D eigenvalue weighted by molar-refractivity contribution is -0.140. The number of hydrogen-bond donors (Lipinski definition) is 0. The summed E-state index contributed by atoms with van der Waals surface area (Å²) >= 11 is 1.56. The summed E-state index contributed by atoms with van der Waals surface area (Å²) in [6, 6.07) is 16.7. The summed E-state index contributed by atoms with van der Waals surface area (Å²) < 4.78 is 23.3. The van der Waals surface area contributed by atoms with Gasteiger partial charge < -0.3 is 13.9 Å². The Hall–Kier alpha value is -2.25. The summed E-state index contributed by atoms with van der Waals surface area (Å²) in [5.41, 5.74) is 0.108. The van der Waals surface area contributed by atoms with Gasteiger partial charge in [0.25, 0.3) is 0 Å².